The van der Waals surface area contributed by atoms with Gasteiger partial charge in [-0.2, -0.15) is 5.10 Å². The van der Waals surface area contributed by atoms with E-state index in [4.69, 9.17) is 9.97 Å². The average Bonchev–Trinajstić information content (AvgIpc) is 3.28. The summed E-state index contributed by atoms with van der Waals surface area (Å²) in [5.74, 6) is 1.78. The number of rotatable bonds is 5. The lowest BCUT2D eigenvalue weighted by Gasteiger charge is -2.36. The van der Waals surface area contributed by atoms with Gasteiger partial charge in [0.2, 0.25) is 0 Å². The van der Waals surface area contributed by atoms with E-state index in [0.29, 0.717) is 31.7 Å². The Morgan fingerprint density at radius 2 is 1.70 bits per heavy atom. The summed E-state index contributed by atoms with van der Waals surface area (Å²) in [6.07, 6.45) is 3.63. The minimum absolute atomic E-state index is 0.0542. The highest BCUT2D eigenvalue weighted by Gasteiger charge is 2.26. The fourth-order valence-electron chi connectivity index (χ4n) is 4.20. The first-order valence-electron chi connectivity index (χ1n) is 11.2. The molecule has 0 saturated carbocycles. The first-order valence-corrected chi connectivity index (χ1v) is 12.0. The van der Waals surface area contributed by atoms with Gasteiger partial charge in [0.05, 0.1) is 22.8 Å². The standard InChI is InChI=1S/C25H25BrN6O/c1-2-8-22-28-23(20-17-27-32(24(20)29-22)18-9-4-3-5-10-18)30-13-15-31(16-14-30)25(33)19-11-6-7-12-21(19)26/h3-7,9-12,17H,2,8,13-16H2,1H3. The number of piperazine rings is 1. The lowest BCUT2D eigenvalue weighted by Crippen LogP contribution is -2.49. The van der Waals surface area contributed by atoms with Crippen molar-refractivity contribution in [2.24, 2.45) is 0 Å². The van der Waals surface area contributed by atoms with E-state index in [1.54, 1.807) is 0 Å². The molecule has 1 amide bonds. The van der Waals surface area contributed by atoms with Crippen molar-refractivity contribution in [1.29, 1.82) is 0 Å². The number of benzene rings is 2. The number of fused-ring (bicyclic) bond motifs is 1. The Hall–Kier alpha value is -3.26. The van der Waals surface area contributed by atoms with Crippen molar-refractivity contribution in [3.8, 4) is 5.69 Å². The van der Waals surface area contributed by atoms with Gasteiger partial charge in [-0.15, -0.1) is 0 Å². The number of para-hydroxylation sites is 1. The van der Waals surface area contributed by atoms with Crippen molar-refractivity contribution in [1.82, 2.24) is 24.6 Å². The zero-order valence-electron chi connectivity index (χ0n) is 18.5. The summed E-state index contributed by atoms with van der Waals surface area (Å²) in [5, 5.41) is 5.57. The maximum Gasteiger partial charge on any atom is 0.255 e. The molecule has 2 aromatic heterocycles. The second-order valence-electron chi connectivity index (χ2n) is 8.10. The molecule has 5 rings (SSSR count). The topological polar surface area (TPSA) is 67.2 Å². The molecule has 0 spiro atoms. The van der Waals surface area contributed by atoms with E-state index in [0.717, 1.165) is 45.7 Å². The minimum atomic E-state index is 0.0542. The molecule has 168 valence electrons. The van der Waals surface area contributed by atoms with Gasteiger partial charge in [0.15, 0.2) is 5.65 Å². The van der Waals surface area contributed by atoms with Crippen LogP contribution in [0.1, 0.15) is 29.5 Å². The molecule has 1 aliphatic rings. The summed E-state index contributed by atoms with van der Waals surface area (Å²) < 4.78 is 2.71. The first kappa shape index (κ1) is 21.6. The summed E-state index contributed by atoms with van der Waals surface area (Å²) in [4.78, 5) is 26.9. The molecule has 7 nitrogen and oxygen atoms in total. The van der Waals surface area contributed by atoms with E-state index in [9.17, 15) is 4.79 Å². The summed E-state index contributed by atoms with van der Waals surface area (Å²) in [5.41, 5.74) is 2.49. The Bertz CT molecular complexity index is 1280. The summed E-state index contributed by atoms with van der Waals surface area (Å²) in [7, 11) is 0. The molecule has 0 unspecified atom stereocenters. The molecule has 8 heteroatoms. The third-order valence-corrected chi connectivity index (χ3v) is 6.59. The molecule has 0 N–H and O–H groups in total. The van der Waals surface area contributed by atoms with Crippen molar-refractivity contribution in [2.45, 2.75) is 19.8 Å². The van der Waals surface area contributed by atoms with E-state index >= 15 is 0 Å². The molecule has 0 aliphatic carbocycles. The zero-order chi connectivity index (χ0) is 22.8. The van der Waals surface area contributed by atoms with E-state index in [1.165, 1.54) is 0 Å². The van der Waals surface area contributed by atoms with Crippen LogP contribution in [0.4, 0.5) is 5.82 Å². The van der Waals surface area contributed by atoms with Crippen LogP contribution >= 0.6 is 15.9 Å². The largest absolute Gasteiger partial charge is 0.352 e. The van der Waals surface area contributed by atoms with E-state index in [2.05, 4.69) is 32.9 Å². The first-order chi connectivity index (χ1) is 16.2. The van der Waals surface area contributed by atoms with E-state index in [-0.39, 0.29) is 5.91 Å². The van der Waals surface area contributed by atoms with Crippen molar-refractivity contribution in [2.75, 3.05) is 31.1 Å². The van der Waals surface area contributed by atoms with Crippen LogP contribution in [-0.4, -0.2) is 56.7 Å². The third kappa shape index (κ3) is 4.23. The highest BCUT2D eigenvalue weighted by Crippen LogP contribution is 2.27. The number of hydrogen-bond acceptors (Lipinski definition) is 5. The molecular weight excluding hydrogens is 480 g/mol. The maximum atomic E-state index is 13.0. The molecule has 4 aromatic rings. The molecule has 33 heavy (non-hydrogen) atoms. The molecule has 1 fully saturated rings. The number of anilines is 1. The molecule has 1 saturated heterocycles. The second kappa shape index (κ2) is 9.31. The predicted octanol–water partition coefficient (Wildman–Crippen LogP) is 4.49. The highest BCUT2D eigenvalue weighted by atomic mass is 79.9. The van der Waals surface area contributed by atoms with Crippen LogP contribution in [0.25, 0.3) is 16.7 Å². The lowest BCUT2D eigenvalue weighted by molar-refractivity contribution is 0.0745. The van der Waals surface area contributed by atoms with Gasteiger partial charge in [0.25, 0.3) is 5.91 Å². The molecule has 0 atom stereocenters. The Morgan fingerprint density at radius 3 is 2.42 bits per heavy atom. The van der Waals surface area contributed by atoms with E-state index < -0.39 is 0 Å². The van der Waals surface area contributed by atoms with Crippen molar-refractivity contribution >= 4 is 38.7 Å². The number of amides is 1. The van der Waals surface area contributed by atoms with Crippen molar-refractivity contribution in [3.05, 3.63) is 76.7 Å². The SMILES string of the molecule is CCCc1nc(N2CCN(C(=O)c3ccccc3Br)CC2)c2cnn(-c3ccccc3)c2n1. The van der Waals surface area contributed by atoms with Gasteiger partial charge in [0, 0.05) is 37.1 Å². The van der Waals surface area contributed by atoms with Gasteiger partial charge < -0.3 is 9.80 Å². The smallest absolute Gasteiger partial charge is 0.255 e. The Labute approximate surface area is 201 Å². The van der Waals surface area contributed by atoms with Gasteiger partial charge in [0.1, 0.15) is 11.6 Å². The zero-order valence-corrected chi connectivity index (χ0v) is 20.1. The summed E-state index contributed by atoms with van der Waals surface area (Å²) in [6, 6.07) is 17.6. The van der Waals surface area contributed by atoms with Crippen LogP contribution in [0, 0.1) is 0 Å². The van der Waals surface area contributed by atoms with Crippen LogP contribution in [0.15, 0.2) is 65.3 Å². The summed E-state index contributed by atoms with van der Waals surface area (Å²) in [6.45, 7) is 4.84. The van der Waals surface area contributed by atoms with Gasteiger partial charge in [-0.1, -0.05) is 37.3 Å². The van der Waals surface area contributed by atoms with Crippen molar-refractivity contribution in [3.63, 3.8) is 0 Å². The number of aromatic nitrogens is 4. The minimum Gasteiger partial charge on any atom is -0.352 e. The molecule has 0 bridgehead atoms. The Kier molecular flexibility index (Phi) is 6.09. The third-order valence-electron chi connectivity index (χ3n) is 5.90. The number of carbonyl (C=O) groups excluding carboxylic acids is 1. The fraction of sp³-hybridized carbons (Fsp3) is 0.280. The number of aryl methyl sites for hydroxylation is 1. The Morgan fingerprint density at radius 1 is 0.970 bits per heavy atom. The number of hydrogen-bond donors (Lipinski definition) is 0. The van der Waals surface area contributed by atoms with Crippen LogP contribution in [0.3, 0.4) is 0 Å². The van der Waals surface area contributed by atoms with E-state index in [1.807, 2.05) is 70.4 Å². The van der Waals surface area contributed by atoms with Crippen molar-refractivity contribution < 1.29 is 4.79 Å². The normalized spacial score (nSPS) is 14.1. The molecule has 1 aliphatic heterocycles. The molecule has 0 radical (unpaired) electrons. The highest BCUT2D eigenvalue weighted by molar-refractivity contribution is 9.10. The predicted molar refractivity (Wildman–Crippen MR) is 133 cm³/mol. The van der Waals surface area contributed by atoms with Gasteiger partial charge in [-0.25, -0.2) is 14.6 Å². The van der Waals surface area contributed by atoms with Crippen LogP contribution < -0.4 is 4.90 Å². The van der Waals surface area contributed by atoms with Gasteiger partial charge in [-0.05, 0) is 46.6 Å². The maximum absolute atomic E-state index is 13.0. The summed E-state index contributed by atoms with van der Waals surface area (Å²) >= 11 is 3.50. The number of nitrogens with zero attached hydrogens (tertiary/aromatic N) is 6. The molecular formula is C25H25BrN6O. The molecule has 2 aromatic carbocycles. The monoisotopic (exact) mass is 504 g/mol. The Balaban J connectivity index is 1.44. The molecule has 3 heterocycles. The number of carbonyl (C=O) groups is 1. The average molecular weight is 505 g/mol. The fourth-order valence-corrected chi connectivity index (χ4v) is 4.65. The number of halogens is 1. The van der Waals surface area contributed by atoms with Gasteiger partial charge >= 0.3 is 0 Å². The van der Waals surface area contributed by atoms with Gasteiger partial charge in [-0.3, -0.25) is 4.79 Å². The lowest BCUT2D eigenvalue weighted by atomic mass is 10.2. The second-order valence-corrected chi connectivity index (χ2v) is 8.96. The van der Waals surface area contributed by atoms with Crippen LogP contribution in [0.2, 0.25) is 0 Å². The van der Waals surface area contributed by atoms with Crippen LogP contribution in [-0.2, 0) is 6.42 Å². The quantitative estimate of drug-likeness (QED) is 0.400. The van der Waals surface area contributed by atoms with Crippen LogP contribution in [0.5, 0.6) is 0 Å².